The van der Waals surface area contributed by atoms with E-state index in [9.17, 15) is 28.8 Å². The van der Waals surface area contributed by atoms with Crippen LogP contribution < -0.4 is 4.74 Å². The van der Waals surface area contributed by atoms with E-state index < -0.39 is 46.5 Å². The predicted molar refractivity (Wildman–Crippen MR) is 108 cm³/mol. The standard InChI is InChI=1S/C24H18O7/c1-3-17(25)19-21(27)13-7-5-11(9-15(13)23(19)29)31-12-6-8-14-16(10-12)24(30)20(22(14)28)18(26)4-2/h5-10,19-20H,3-4H2,1-2H3. The molecular weight excluding hydrogens is 400 g/mol. The van der Waals surface area contributed by atoms with Gasteiger partial charge in [-0.2, -0.15) is 0 Å². The van der Waals surface area contributed by atoms with Gasteiger partial charge in [0, 0.05) is 35.1 Å². The van der Waals surface area contributed by atoms with Crippen molar-refractivity contribution in [3.8, 4) is 11.5 Å². The van der Waals surface area contributed by atoms with Crippen LogP contribution in [0.3, 0.4) is 0 Å². The number of hydrogen-bond acceptors (Lipinski definition) is 7. The quantitative estimate of drug-likeness (QED) is 0.661. The Hall–Kier alpha value is -3.74. The van der Waals surface area contributed by atoms with Crippen molar-refractivity contribution in [3.63, 3.8) is 0 Å². The summed E-state index contributed by atoms with van der Waals surface area (Å²) in [7, 11) is 0. The second-order valence-electron chi connectivity index (χ2n) is 7.48. The molecule has 2 atom stereocenters. The van der Waals surface area contributed by atoms with Crippen molar-refractivity contribution < 1.29 is 33.5 Å². The summed E-state index contributed by atoms with van der Waals surface area (Å²) in [6.07, 6.45) is 0.172. The Bertz CT molecular complexity index is 1110. The summed E-state index contributed by atoms with van der Waals surface area (Å²) < 4.78 is 5.74. The molecule has 0 amide bonds. The maximum atomic E-state index is 12.6. The molecule has 2 aliphatic rings. The lowest BCUT2D eigenvalue weighted by molar-refractivity contribution is -0.120. The minimum absolute atomic E-state index is 0.0862. The summed E-state index contributed by atoms with van der Waals surface area (Å²) in [6, 6.07) is 8.64. The van der Waals surface area contributed by atoms with Crippen LogP contribution in [0.15, 0.2) is 36.4 Å². The molecule has 0 aromatic heterocycles. The molecular formula is C24H18O7. The molecule has 0 N–H and O–H groups in total. The van der Waals surface area contributed by atoms with Gasteiger partial charge in [-0.15, -0.1) is 0 Å². The van der Waals surface area contributed by atoms with Crippen molar-refractivity contribution in [2.45, 2.75) is 26.7 Å². The molecule has 0 heterocycles. The van der Waals surface area contributed by atoms with Gasteiger partial charge in [-0.3, -0.25) is 28.8 Å². The van der Waals surface area contributed by atoms with Gasteiger partial charge in [-0.1, -0.05) is 13.8 Å². The van der Waals surface area contributed by atoms with Crippen molar-refractivity contribution in [2.75, 3.05) is 0 Å². The molecule has 7 heteroatoms. The summed E-state index contributed by atoms with van der Waals surface area (Å²) in [6.45, 7) is 3.19. The van der Waals surface area contributed by atoms with Crippen LogP contribution in [0.2, 0.25) is 0 Å². The second kappa shape index (κ2) is 7.50. The molecule has 4 rings (SSSR count). The van der Waals surface area contributed by atoms with E-state index in [1.165, 1.54) is 36.4 Å². The largest absolute Gasteiger partial charge is 0.457 e. The van der Waals surface area contributed by atoms with Crippen molar-refractivity contribution in [3.05, 3.63) is 58.7 Å². The van der Waals surface area contributed by atoms with E-state index in [1.54, 1.807) is 13.8 Å². The Balaban J connectivity index is 1.62. The molecule has 0 saturated heterocycles. The fourth-order valence-corrected chi connectivity index (χ4v) is 4.00. The third kappa shape index (κ3) is 3.13. The first-order valence-corrected chi connectivity index (χ1v) is 9.96. The van der Waals surface area contributed by atoms with Gasteiger partial charge in [0.2, 0.25) is 0 Å². The molecule has 2 aromatic rings. The lowest BCUT2D eigenvalue weighted by Crippen LogP contribution is -2.24. The highest BCUT2D eigenvalue weighted by molar-refractivity contribution is 6.36. The lowest BCUT2D eigenvalue weighted by Gasteiger charge is -2.08. The second-order valence-corrected chi connectivity index (χ2v) is 7.48. The fourth-order valence-electron chi connectivity index (χ4n) is 4.00. The number of carbonyl (C=O) groups excluding carboxylic acids is 6. The van der Waals surface area contributed by atoms with Crippen molar-refractivity contribution in [1.82, 2.24) is 0 Å². The number of Topliss-reactive ketones (excluding diaryl/α,β-unsaturated/α-hetero) is 6. The first-order valence-electron chi connectivity index (χ1n) is 9.96. The van der Waals surface area contributed by atoms with Crippen molar-refractivity contribution in [2.24, 2.45) is 11.8 Å². The molecule has 0 saturated carbocycles. The highest BCUT2D eigenvalue weighted by Gasteiger charge is 2.43. The Morgan fingerprint density at radius 2 is 1.00 bits per heavy atom. The van der Waals surface area contributed by atoms with E-state index in [0.717, 1.165) is 0 Å². The minimum atomic E-state index is -1.30. The highest BCUT2D eigenvalue weighted by atomic mass is 16.5. The summed E-state index contributed by atoms with van der Waals surface area (Å²) >= 11 is 0. The van der Waals surface area contributed by atoms with Gasteiger partial charge in [0.1, 0.15) is 23.3 Å². The summed E-state index contributed by atoms with van der Waals surface area (Å²) in [5, 5.41) is 0. The van der Waals surface area contributed by atoms with Gasteiger partial charge in [-0.25, -0.2) is 0 Å². The predicted octanol–water partition coefficient (Wildman–Crippen LogP) is 3.43. The zero-order valence-electron chi connectivity index (χ0n) is 16.9. The van der Waals surface area contributed by atoms with Gasteiger partial charge in [0.05, 0.1) is 0 Å². The van der Waals surface area contributed by atoms with Crippen LogP contribution in [0.25, 0.3) is 0 Å². The van der Waals surface area contributed by atoms with Gasteiger partial charge < -0.3 is 4.74 Å². The molecule has 31 heavy (non-hydrogen) atoms. The third-order valence-electron chi connectivity index (χ3n) is 5.67. The van der Waals surface area contributed by atoms with Crippen LogP contribution in [0, 0.1) is 11.8 Å². The molecule has 7 nitrogen and oxygen atoms in total. The van der Waals surface area contributed by atoms with Crippen molar-refractivity contribution >= 4 is 34.7 Å². The fraction of sp³-hybridized carbons (Fsp3) is 0.250. The first-order chi connectivity index (χ1) is 14.8. The van der Waals surface area contributed by atoms with Crippen LogP contribution in [0.4, 0.5) is 0 Å². The molecule has 0 radical (unpaired) electrons. The van der Waals surface area contributed by atoms with Crippen LogP contribution in [-0.2, 0) is 9.59 Å². The van der Waals surface area contributed by atoms with E-state index in [4.69, 9.17) is 4.74 Å². The van der Waals surface area contributed by atoms with Crippen LogP contribution >= 0.6 is 0 Å². The SMILES string of the molecule is CCC(=O)C1C(=O)c2ccc(Oc3ccc4c(c3)C(=O)C(C(=O)CC)C4=O)cc2C1=O. The smallest absolute Gasteiger partial charge is 0.182 e. The van der Waals surface area contributed by atoms with Gasteiger partial charge in [0.15, 0.2) is 34.7 Å². The number of carbonyl (C=O) groups is 6. The summed E-state index contributed by atoms with van der Waals surface area (Å²) in [4.78, 5) is 73.9. The van der Waals surface area contributed by atoms with E-state index in [2.05, 4.69) is 0 Å². The Morgan fingerprint density at radius 3 is 1.35 bits per heavy atom. The summed E-state index contributed by atoms with van der Waals surface area (Å²) in [5.74, 6) is -5.08. The Labute approximate surface area is 177 Å². The van der Waals surface area contributed by atoms with Crippen LogP contribution in [0.5, 0.6) is 11.5 Å². The monoisotopic (exact) mass is 418 g/mol. The molecule has 0 bridgehead atoms. The summed E-state index contributed by atoms with van der Waals surface area (Å²) in [5.41, 5.74) is 0.602. The first kappa shape index (κ1) is 20.5. The van der Waals surface area contributed by atoms with Crippen molar-refractivity contribution in [1.29, 1.82) is 0 Å². The molecule has 2 aromatic carbocycles. The van der Waals surface area contributed by atoms with E-state index >= 15 is 0 Å². The van der Waals surface area contributed by atoms with Crippen LogP contribution in [-0.4, -0.2) is 34.7 Å². The van der Waals surface area contributed by atoms with Crippen LogP contribution in [0.1, 0.15) is 68.1 Å². The van der Waals surface area contributed by atoms with E-state index in [-0.39, 0.29) is 46.6 Å². The number of fused-ring (bicyclic) bond motifs is 2. The topological polar surface area (TPSA) is 112 Å². The zero-order chi connectivity index (χ0) is 22.4. The zero-order valence-corrected chi connectivity index (χ0v) is 16.9. The molecule has 156 valence electrons. The normalized spacial score (nSPS) is 19.4. The number of hydrogen-bond donors (Lipinski definition) is 0. The average molecular weight is 418 g/mol. The Morgan fingerprint density at radius 1 is 0.645 bits per heavy atom. The third-order valence-corrected chi connectivity index (χ3v) is 5.67. The van der Waals surface area contributed by atoms with Gasteiger partial charge in [-0.05, 0) is 36.4 Å². The molecule has 2 unspecified atom stereocenters. The lowest BCUT2D eigenvalue weighted by atomic mass is 9.97. The van der Waals surface area contributed by atoms with Gasteiger partial charge in [0.25, 0.3) is 0 Å². The van der Waals surface area contributed by atoms with E-state index in [0.29, 0.717) is 0 Å². The average Bonchev–Trinajstić information content (AvgIpc) is 3.16. The number of rotatable bonds is 6. The Kier molecular flexibility index (Phi) is 4.97. The number of benzene rings is 2. The van der Waals surface area contributed by atoms with Gasteiger partial charge >= 0.3 is 0 Å². The minimum Gasteiger partial charge on any atom is -0.457 e. The number of ether oxygens (including phenoxy) is 1. The maximum absolute atomic E-state index is 12.6. The molecule has 0 aliphatic heterocycles. The number of ketones is 6. The van der Waals surface area contributed by atoms with E-state index in [1.807, 2.05) is 0 Å². The molecule has 2 aliphatic carbocycles. The maximum Gasteiger partial charge on any atom is 0.182 e. The molecule has 0 fully saturated rings. The molecule has 0 spiro atoms. The highest BCUT2D eigenvalue weighted by Crippen LogP contribution is 2.35.